The van der Waals surface area contributed by atoms with Crippen molar-refractivity contribution in [2.45, 2.75) is 64.7 Å². The van der Waals surface area contributed by atoms with Crippen molar-refractivity contribution < 1.29 is 14.4 Å². The van der Waals surface area contributed by atoms with Crippen LogP contribution in [0.2, 0.25) is 0 Å². The molecule has 5 saturated carbocycles. The zero-order valence-electron chi connectivity index (χ0n) is 18.3. The Morgan fingerprint density at radius 3 is 2.19 bits per heavy atom. The summed E-state index contributed by atoms with van der Waals surface area (Å²) >= 11 is 0. The van der Waals surface area contributed by atoms with Crippen LogP contribution in [0, 0.1) is 36.0 Å². The summed E-state index contributed by atoms with van der Waals surface area (Å²) in [4.78, 5) is 37.1. The quantitative estimate of drug-likeness (QED) is 0.619. The summed E-state index contributed by atoms with van der Waals surface area (Å²) in [5, 5.41) is 8.63. The van der Waals surface area contributed by atoms with Gasteiger partial charge in [0.2, 0.25) is 17.7 Å². The van der Waals surface area contributed by atoms with Crippen molar-refractivity contribution in [3.63, 3.8) is 0 Å². The summed E-state index contributed by atoms with van der Waals surface area (Å²) in [6.45, 7) is 1.89. The van der Waals surface area contributed by atoms with Crippen molar-refractivity contribution in [1.29, 1.82) is 0 Å². The first-order chi connectivity index (χ1) is 14.9. The molecule has 0 heterocycles. The van der Waals surface area contributed by atoms with E-state index >= 15 is 0 Å². The van der Waals surface area contributed by atoms with Gasteiger partial charge in [-0.2, -0.15) is 0 Å². The minimum Gasteiger partial charge on any atom is -0.347 e. The summed E-state index contributed by atoms with van der Waals surface area (Å²) in [5.41, 5.74) is 2.44. The molecule has 5 fully saturated rings. The molecule has 3 amide bonds. The van der Waals surface area contributed by atoms with Crippen LogP contribution in [0.1, 0.15) is 63.4 Å². The van der Waals surface area contributed by atoms with Crippen molar-refractivity contribution in [1.82, 2.24) is 5.32 Å². The molecule has 31 heavy (non-hydrogen) atoms. The standard InChI is InChI=1S/C25H33N3O3/c1-15-2-5-20(27-24(31)19-3-4-19)9-21(15)28-23(30)14-26-22(29)13-25-10-16-6-17(11-25)8-18(7-16)12-25/h2,5,9,16-19H,3-4,6-8,10-14H2,1H3,(H,26,29)(H,27,31)(H,28,30). The van der Waals surface area contributed by atoms with E-state index in [0.29, 0.717) is 17.8 Å². The molecule has 1 aromatic rings. The smallest absolute Gasteiger partial charge is 0.243 e. The van der Waals surface area contributed by atoms with Crippen LogP contribution in [-0.2, 0) is 14.4 Å². The van der Waals surface area contributed by atoms with Crippen LogP contribution in [-0.4, -0.2) is 24.3 Å². The van der Waals surface area contributed by atoms with Gasteiger partial charge in [0.15, 0.2) is 0 Å². The van der Waals surface area contributed by atoms with Crippen molar-refractivity contribution in [3.8, 4) is 0 Å². The third-order valence-corrected chi connectivity index (χ3v) is 7.87. The molecular weight excluding hydrogens is 390 g/mol. The van der Waals surface area contributed by atoms with Gasteiger partial charge < -0.3 is 16.0 Å². The molecule has 6 nitrogen and oxygen atoms in total. The van der Waals surface area contributed by atoms with Crippen LogP contribution in [0.4, 0.5) is 11.4 Å². The summed E-state index contributed by atoms with van der Waals surface area (Å²) in [6.07, 6.45) is 10.1. The van der Waals surface area contributed by atoms with Crippen molar-refractivity contribution in [2.24, 2.45) is 29.1 Å². The molecule has 0 unspecified atom stereocenters. The Balaban J connectivity index is 1.12. The average Bonchev–Trinajstić information content (AvgIpc) is 3.53. The maximum Gasteiger partial charge on any atom is 0.243 e. The van der Waals surface area contributed by atoms with Gasteiger partial charge in [-0.3, -0.25) is 14.4 Å². The Hall–Kier alpha value is -2.37. The van der Waals surface area contributed by atoms with E-state index in [1.54, 1.807) is 6.07 Å². The molecule has 1 aromatic carbocycles. The van der Waals surface area contributed by atoms with Crippen molar-refractivity contribution >= 4 is 29.1 Å². The highest BCUT2D eigenvalue weighted by atomic mass is 16.2. The average molecular weight is 424 g/mol. The van der Waals surface area contributed by atoms with Crippen LogP contribution in [0.5, 0.6) is 0 Å². The SMILES string of the molecule is Cc1ccc(NC(=O)C2CC2)cc1NC(=O)CNC(=O)CC12CC3CC(CC(C3)C1)C2. The number of rotatable bonds is 7. The highest BCUT2D eigenvalue weighted by Crippen LogP contribution is 2.61. The molecule has 0 saturated heterocycles. The summed E-state index contributed by atoms with van der Waals surface area (Å²) in [6, 6.07) is 5.51. The number of hydrogen-bond donors (Lipinski definition) is 3. The second-order valence-electron chi connectivity index (χ2n) is 10.7. The van der Waals surface area contributed by atoms with E-state index < -0.39 is 0 Å². The molecule has 0 spiro atoms. The Morgan fingerprint density at radius 2 is 1.58 bits per heavy atom. The van der Waals surface area contributed by atoms with Gasteiger partial charge >= 0.3 is 0 Å². The summed E-state index contributed by atoms with van der Waals surface area (Å²) in [5.74, 6) is 2.38. The summed E-state index contributed by atoms with van der Waals surface area (Å²) in [7, 11) is 0. The fraction of sp³-hybridized carbons (Fsp3) is 0.640. The molecule has 166 valence electrons. The van der Waals surface area contributed by atoms with Crippen LogP contribution in [0.3, 0.4) is 0 Å². The topological polar surface area (TPSA) is 87.3 Å². The van der Waals surface area contributed by atoms with Gasteiger partial charge in [0.25, 0.3) is 0 Å². The monoisotopic (exact) mass is 423 g/mol. The third kappa shape index (κ3) is 4.63. The lowest BCUT2D eigenvalue weighted by Gasteiger charge is -2.56. The Morgan fingerprint density at radius 1 is 0.935 bits per heavy atom. The highest BCUT2D eigenvalue weighted by Gasteiger charge is 2.51. The zero-order chi connectivity index (χ0) is 21.6. The molecule has 3 N–H and O–H groups in total. The molecule has 0 radical (unpaired) electrons. The number of carbonyl (C=O) groups is 3. The fourth-order valence-corrected chi connectivity index (χ4v) is 6.71. The second kappa shape index (κ2) is 7.95. The van der Waals surface area contributed by atoms with Crippen LogP contribution in [0.25, 0.3) is 0 Å². The number of aryl methyl sites for hydroxylation is 1. The van der Waals surface area contributed by atoms with E-state index in [1.807, 2.05) is 19.1 Å². The van der Waals surface area contributed by atoms with E-state index in [9.17, 15) is 14.4 Å². The van der Waals surface area contributed by atoms with Crippen molar-refractivity contribution in [3.05, 3.63) is 23.8 Å². The van der Waals surface area contributed by atoms with E-state index in [1.165, 1.54) is 38.5 Å². The first-order valence-corrected chi connectivity index (χ1v) is 11.9. The molecule has 0 aromatic heterocycles. The number of nitrogens with one attached hydrogen (secondary N) is 3. The zero-order valence-corrected chi connectivity index (χ0v) is 18.3. The maximum atomic E-state index is 12.7. The lowest BCUT2D eigenvalue weighted by molar-refractivity contribution is -0.131. The van der Waals surface area contributed by atoms with Gasteiger partial charge in [0.05, 0.1) is 6.54 Å². The molecule has 6 rings (SSSR count). The minimum atomic E-state index is -0.243. The first-order valence-electron chi connectivity index (χ1n) is 11.9. The number of benzene rings is 1. The molecule has 5 aliphatic rings. The molecular formula is C25H33N3O3. The van der Waals surface area contributed by atoms with Gasteiger partial charge in [-0.15, -0.1) is 0 Å². The molecule has 6 heteroatoms. The number of carbonyl (C=O) groups excluding carboxylic acids is 3. The Kier molecular flexibility index (Phi) is 5.27. The van der Waals surface area contributed by atoms with Gasteiger partial charge in [-0.1, -0.05) is 6.07 Å². The normalized spacial score (nSPS) is 30.7. The largest absolute Gasteiger partial charge is 0.347 e. The third-order valence-electron chi connectivity index (χ3n) is 7.87. The Bertz CT molecular complexity index is 870. The first kappa shape index (κ1) is 20.5. The fourth-order valence-electron chi connectivity index (χ4n) is 6.71. The second-order valence-corrected chi connectivity index (χ2v) is 10.7. The molecule has 5 aliphatic carbocycles. The highest BCUT2D eigenvalue weighted by molar-refractivity contribution is 5.97. The van der Waals surface area contributed by atoms with Gasteiger partial charge in [-0.05, 0) is 99.2 Å². The molecule has 0 aliphatic heterocycles. The van der Waals surface area contributed by atoms with Gasteiger partial charge in [0, 0.05) is 23.7 Å². The predicted molar refractivity (Wildman–Crippen MR) is 119 cm³/mol. The maximum absolute atomic E-state index is 12.7. The summed E-state index contributed by atoms with van der Waals surface area (Å²) < 4.78 is 0. The molecule has 0 atom stereocenters. The van der Waals surface area contributed by atoms with Crippen molar-refractivity contribution in [2.75, 3.05) is 17.2 Å². The van der Waals surface area contributed by atoms with E-state index in [2.05, 4.69) is 16.0 Å². The minimum absolute atomic E-state index is 0.000676. The molecule has 4 bridgehead atoms. The Labute approximate surface area is 183 Å². The predicted octanol–water partition coefficient (Wildman–Crippen LogP) is 4.00. The number of anilines is 2. The van der Waals surface area contributed by atoms with Crippen LogP contribution >= 0.6 is 0 Å². The van der Waals surface area contributed by atoms with E-state index in [0.717, 1.165) is 36.2 Å². The number of hydrogen-bond acceptors (Lipinski definition) is 3. The van der Waals surface area contributed by atoms with Gasteiger partial charge in [0.1, 0.15) is 0 Å². The lowest BCUT2D eigenvalue weighted by Crippen LogP contribution is -2.48. The lowest BCUT2D eigenvalue weighted by atomic mass is 9.49. The van der Waals surface area contributed by atoms with E-state index in [4.69, 9.17) is 0 Å². The van der Waals surface area contributed by atoms with E-state index in [-0.39, 0.29) is 35.6 Å². The van der Waals surface area contributed by atoms with Gasteiger partial charge in [-0.25, -0.2) is 0 Å². The van der Waals surface area contributed by atoms with Crippen LogP contribution < -0.4 is 16.0 Å². The van der Waals surface area contributed by atoms with Crippen LogP contribution in [0.15, 0.2) is 18.2 Å². The number of amides is 3.